The second kappa shape index (κ2) is 4.12. The highest BCUT2D eigenvalue weighted by Gasteiger charge is 2.03. The standard InChI is InChI=1S/C9H6ClFN2OS/c10-9-12-3-7(15-9)5-13-4-6(11)1-2-8(13)14/h1-4H,5H2. The van der Waals surface area contributed by atoms with Crippen molar-refractivity contribution in [2.24, 2.45) is 0 Å². The summed E-state index contributed by atoms with van der Waals surface area (Å²) in [6.45, 7) is 0.293. The predicted molar refractivity (Wildman–Crippen MR) is 56.9 cm³/mol. The minimum absolute atomic E-state index is 0.249. The molecule has 0 aliphatic rings. The van der Waals surface area contributed by atoms with Crippen molar-refractivity contribution < 1.29 is 4.39 Å². The van der Waals surface area contributed by atoms with Crippen molar-refractivity contribution in [3.8, 4) is 0 Å². The SMILES string of the molecule is O=c1ccc(F)cn1Cc1cnc(Cl)s1. The molecule has 0 aromatic carbocycles. The zero-order valence-electron chi connectivity index (χ0n) is 7.48. The molecule has 0 atom stereocenters. The Bertz CT molecular complexity index is 537. The van der Waals surface area contributed by atoms with Crippen LogP contribution in [0.5, 0.6) is 0 Å². The van der Waals surface area contributed by atoms with Crippen molar-refractivity contribution in [2.45, 2.75) is 6.54 Å². The number of nitrogens with zero attached hydrogens (tertiary/aromatic N) is 2. The van der Waals surface area contributed by atoms with E-state index in [0.29, 0.717) is 11.0 Å². The molecular weight excluding hydrogens is 239 g/mol. The second-order valence-corrected chi connectivity index (χ2v) is 4.59. The highest BCUT2D eigenvalue weighted by molar-refractivity contribution is 7.15. The fourth-order valence-corrected chi connectivity index (χ4v) is 2.13. The van der Waals surface area contributed by atoms with Gasteiger partial charge in [0, 0.05) is 23.3 Å². The number of hydrogen-bond acceptors (Lipinski definition) is 3. The molecule has 2 heterocycles. The summed E-state index contributed by atoms with van der Waals surface area (Å²) in [5.41, 5.74) is -0.249. The van der Waals surface area contributed by atoms with E-state index in [0.717, 1.165) is 17.1 Å². The lowest BCUT2D eigenvalue weighted by Crippen LogP contribution is -2.18. The average molecular weight is 245 g/mol. The highest BCUT2D eigenvalue weighted by atomic mass is 35.5. The molecule has 0 aliphatic carbocycles. The molecule has 6 heteroatoms. The smallest absolute Gasteiger partial charge is 0.251 e. The van der Waals surface area contributed by atoms with Gasteiger partial charge in [-0.05, 0) is 6.07 Å². The largest absolute Gasteiger partial charge is 0.307 e. The minimum Gasteiger partial charge on any atom is -0.307 e. The summed E-state index contributed by atoms with van der Waals surface area (Å²) >= 11 is 6.91. The van der Waals surface area contributed by atoms with Crippen molar-refractivity contribution >= 4 is 22.9 Å². The normalized spacial score (nSPS) is 10.5. The number of halogens is 2. The Hall–Kier alpha value is -1.20. The van der Waals surface area contributed by atoms with Crippen LogP contribution in [0.25, 0.3) is 0 Å². The summed E-state index contributed by atoms with van der Waals surface area (Å²) in [5.74, 6) is -0.440. The van der Waals surface area contributed by atoms with Crippen LogP contribution in [0.4, 0.5) is 4.39 Å². The monoisotopic (exact) mass is 244 g/mol. The molecule has 0 radical (unpaired) electrons. The van der Waals surface area contributed by atoms with Crippen LogP contribution < -0.4 is 5.56 Å². The van der Waals surface area contributed by atoms with Gasteiger partial charge in [-0.2, -0.15) is 0 Å². The maximum absolute atomic E-state index is 12.9. The van der Waals surface area contributed by atoms with Crippen LogP contribution in [0.2, 0.25) is 4.47 Å². The number of aromatic nitrogens is 2. The Morgan fingerprint density at radius 2 is 2.33 bits per heavy atom. The summed E-state index contributed by atoms with van der Waals surface area (Å²) in [4.78, 5) is 16.0. The zero-order valence-corrected chi connectivity index (χ0v) is 9.06. The van der Waals surface area contributed by atoms with Gasteiger partial charge in [0.2, 0.25) is 0 Å². The van der Waals surface area contributed by atoms with E-state index in [4.69, 9.17) is 11.6 Å². The highest BCUT2D eigenvalue weighted by Crippen LogP contribution is 2.18. The molecule has 0 amide bonds. The summed E-state index contributed by atoms with van der Waals surface area (Å²) < 4.78 is 14.5. The third-order valence-corrected chi connectivity index (χ3v) is 2.90. The van der Waals surface area contributed by atoms with Crippen LogP contribution in [-0.2, 0) is 6.54 Å². The lowest BCUT2D eigenvalue weighted by molar-refractivity contribution is 0.596. The van der Waals surface area contributed by atoms with E-state index >= 15 is 0 Å². The van der Waals surface area contributed by atoms with Gasteiger partial charge in [0.25, 0.3) is 5.56 Å². The van der Waals surface area contributed by atoms with Gasteiger partial charge in [0.15, 0.2) is 4.47 Å². The quantitative estimate of drug-likeness (QED) is 0.811. The lowest BCUT2D eigenvalue weighted by atomic mass is 10.4. The molecule has 0 N–H and O–H groups in total. The minimum atomic E-state index is -0.440. The molecule has 2 aromatic rings. The van der Waals surface area contributed by atoms with E-state index in [1.54, 1.807) is 6.20 Å². The molecule has 0 fully saturated rings. The average Bonchev–Trinajstić information content (AvgIpc) is 2.58. The van der Waals surface area contributed by atoms with Gasteiger partial charge in [-0.3, -0.25) is 4.79 Å². The van der Waals surface area contributed by atoms with E-state index < -0.39 is 5.82 Å². The van der Waals surface area contributed by atoms with Crippen molar-refractivity contribution in [3.05, 3.63) is 50.0 Å². The van der Waals surface area contributed by atoms with Gasteiger partial charge in [-0.25, -0.2) is 9.37 Å². The topological polar surface area (TPSA) is 34.9 Å². The lowest BCUT2D eigenvalue weighted by Gasteiger charge is -2.01. The van der Waals surface area contributed by atoms with Gasteiger partial charge in [-0.15, -0.1) is 11.3 Å². The Balaban J connectivity index is 2.31. The molecule has 0 spiro atoms. The molecule has 2 aromatic heterocycles. The first kappa shape index (κ1) is 10.3. The van der Waals surface area contributed by atoms with E-state index in [2.05, 4.69) is 4.98 Å². The Morgan fingerprint density at radius 3 is 3.00 bits per heavy atom. The van der Waals surface area contributed by atoms with E-state index in [1.165, 1.54) is 22.0 Å². The van der Waals surface area contributed by atoms with Gasteiger partial charge in [0.05, 0.1) is 6.54 Å². The van der Waals surface area contributed by atoms with Crippen molar-refractivity contribution in [3.63, 3.8) is 0 Å². The fraction of sp³-hybridized carbons (Fsp3) is 0.111. The van der Waals surface area contributed by atoms with Crippen LogP contribution in [0.1, 0.15) is 4.88 Å². The third-order valence-electron chi connectivity index (χ3n) is 1.80. The maximum atomic E-state index is 12.9. The summed E-state index contributed by atoms with van der Waals surface area (Å²) in [5, 5.41) is 0. The van der Waals surface area contributed by atoms with E-state index in [-0.39, 0.29) is 5.56 Å². The number of hydrogen-bond donors (Lipinski definition) is 0. The van der Waals surface area contributed by atoms with Crippen molar-refractivity contribution in [1.82, 2.24) is 9.55 Å². The maximum Gasteiger partial charge on any atom is 0.251 e. The van der Waals surface area contributed by atoms with Gasteiger partial charge in [0.1, 0.15) is 5.82 Å². The summed E-state index contributed by atoms with van der Waals surface area (Å²) in [6.07, 6.45) is 2.74. The first-order valence-corrected chi connectivity index (χ1v) is 5.31. The Morgan fingerprint density at radius 1 is 1.53 bits per heavy atom. The second-order valence-electron chi connectivity index (χ2n) is 2.89. The molecule has 0 aliphatic heterocycles. The summed E-state index contributed by atoms with van der Waals surface area (Å²) in [6, 6.07) is 2.33. The third kappa shape index (κ3) is 2.43. The molecule has 2 rings (SSSR count). The van der Waals surface area contributed by atoms with Crippen molar-refractivity contribution in [2.75, 3.05) is 0 Å². The number of pyridine rings is 1. The Labute approximate surface area is 93.8 Å². The van der Waals surface area contributed by atoms with Crippen LogP contribution in [-0.4, -0.2) is 9.55 Å². The molecule has 3 nitrogen and oxygen atoms in total. The molecule has 0 bridgehead atoms. The van der Waals surface area contributed by atoms with Crippen LogP contribution >= 0.6 is 22.9 Å². The molecule has 0 saturated heterocycles. The van der Waals surface area contributed by atoms with Crippen molar-refractivity contribution in [1.29, 1.82) is 0 Å². The number of thiazole rings is 1. The molecule has 0 saturated carbocycles. The first-order chi connectivity index (χ1) is 7.15. The fourth-order valence-electron chi connectivity index (χ4n) is 1.15. The Kier molecular flexibility index (Phi) is 2.83. The van der Waals surface area contributed by atoms with Gasteiger partial charge < -0.3 is 4.57 Å². The van der Waals surface area contributed by atoms with Gasteiger partial charge in [-0.1, -0.05) is 11.6 Å². The first-order valence-electron chi connectivity index (χ1n) is 4.11. The number of rotatable bonds is 2. The van der Waals surface area contributed by atoms with Crippen LogP contribution in [0.15, 0.2) is 29.3 Å². The molecule has 0 unspecified atom stereocenters. The summed E-state index contributed by atoms with van der Waals surface area (Å²) in [7, 11) is 0. The molecule has 15 heavy (non-hydrogen) atoms. The molecule has 78 valence electrons. The van der Waals surface area contributed by atoms with Gasteiger partial charge >= 0.3 is 0 Å². The zero-order chi connectivity index (χ0) is 10.8. The van der Waals surface area contributed by atoms with Crippen LogP contribution in [0.3, 0.4) is 0 Å². The van der Waals surface area contributed by atoms with E-state index in [9.17, 15) is 9.18 Å². The molecular formula is C9H6ClFN2OS. The predicted octanol–water partition coefficient (Wildman–Crippen LogP) is 2.15. The van der Waals surface area contributed by atoms with Crippen LogP contribution in [0, 0.1) is 5.82 Å². The van der Waals surface area contributed by atoms with E-state index in [1.807, 2.05) is 0 Å².